The molecule has 0 amide bonds. The average Bonchev–Trinajstić information content (AvgIpc) is 2.98. The number of aromatic amines is 2. The first-order valence-electron chi connectivity index (χ1n) is 5.74. The van der Waals surface area contributed by atoms with Crippen LogP contribution in [0, 0.1) is 13.8 Å². The zero-order valence-electron chi connectivity index (χ0n) is 10.2. The summed E-state index contributed by atoms with van der Waals surface area (Å²) >= 11 is 0. The van der Waals surface area contributed by atoms with E-state index >= 15 is 0 Å². The molecule has 90 valence electrons. The van der Waals surface area contributed by atoms with Crippen molar-refractivity contribution in [3.05, 3.63) is 42.0 Å². The number of nitrogens with zero attached hydrogens (tertiary/aromatic N) is 3. The fourth-order valence-corrected chi connectivity index (χ4v) is 1.79. The van der Waals surface area contributed by atoms with E-state index in [0.717, 1.165) is 34.4 Å². The Balaban J connectivity index is 2.04. The third-order valence-electron chi connectivity index (χ3n) is 2.65. The molecule has 0 saturated heterocycles. The van der Waals surface area contributed by atoms with Crippen LogP contribution in [0.25, 0.3) is 23.0 Å². The Morgan fingerprint density at radius 1 is 0.778 bits per heavy atom. The molecule has 0 aliphatic heterocycles. The topological polar surface area (TPSA) is 70.2 Å². The second-order valence-corrected chi connectivity index (χ2v) is 4.19. The summed E-state index contributed by atoms with van der Waals surface area (Å²) in [6.07, 6.45) is 3.72. The molecule has 0 spiro atoms. The Kier molecular flexibility index (Phi) is 2.44. The molecular weight excluding hydrogens is 226 g/mol. The SMILES string of the molecule is Cc1c[nH]c(-c2cccc(-c3nc(C)c[nH]3)n2)n1. The number of nitrogens with one attached hydrogen (secondary N) is 2. The lowest BCUT2D eigenvalue weighted by molar-refractivity contribution is 1.17. The molecular formula is C13H13N5. The van der Waals surface area contributed by atoms with Crippen molar-refractivity contribution in [2.75, 3.05) is 0 Å². The van der Waals surface area contributed by atoms with Gasteiger partial charge in [0.25, 0.3) is 0 Å². The first-order chi connectivity index (χ1) is 8.72. The second-order valence-electron chi connectivity index (χ2n) is 4.19. The van der Waals surface area contributed by atoms with Gasteiger partial charge in [-0.25, -0.2) is 15.0 Å². The Hall–Kier alpha value is -2.43. The maximum atomic E-state index is 4.55. The molecule has 0 bridgehead atoms. The summed E-state index contributed by atoms with van der Waals surface area (Å²) in [7, 11) is 0. The van der Waals surface area contributed by atoms with E-state index in [1.165, 1.54) is 0 Å². The highest BCUT2D eigenvalue weighted by molar-refractivity contribution is 5.57. The fraction of sp³-hybridized carbons (Fsp3) is 0.154. The summed E-state index contributed by atoms with van der Waals surface area (Å²) in [5.74, 6) is 1.55. The predicted molar refractivity (Wildman–Crippen MR) is 68.9 cm³/mol. The summed E-state index contributed by atoms with van der Waals surface area (Å²) in [6.45, 7) is 3.89. The van der Waals surface area contributed by atoms with Gasteiger partial charge in [-0.3, -0.25) is 0 Å². The first kappa shape index (κ1) is 10.7. The van der Waals surface area contributed by atoms with Crippen LogP contribution in [0.5, 0.6) is 0 Å². The Morgan fingerprint density at radius 2 is 1.28 bits per heavy atom. The lowest BCUT2D eigenvalue weighted by Crippen LogP contribution is -1.90. The molecule has 0 fully saturated rings. The predicted octanol–water partition coefficient (Wildman–Crippen LogP) is 2.48. The van der Waals surface area contributed by atoms with Crippen molar-refractivity contribution in [3.63, 3.8) is 0 Å². The van der Waals surface area contributed by atoms with Crippen LogP contribution in [0.3, 0.4) is 0 Å². The number of H-pyrrole nitrogens is 2. The number of hydrogen-bond acceptors (Lipinski definition) is 3. The Bertz CT molecular complexity index is 625. The molecule has 0 atom stereocenters. The van der Waals surface area contributed by atoms with Crippen LogP contribution in [0.15, 0.2) is 30.6 Å². The number of pyridine rings is 1. The molecule has 0 aliphatic rings. The van der Waals surface area contributed by atoms with E-state index in [1.54, 1.807) is 0 Å². The second kappa shape index (κ2) is 4.10. The van der Waals surface area contributed by atoms with Crippen molar-refractivity contribution in [2.45, 2.75) is 13.8 Å². The standard InChI is InChI=1S/C13H13N5/c1-8-6-14-12(16-8)10-4-3-5-11(18-10)13-15-7-9(2)17-13/h3-7H,1-2H3,(H,14,16)(H,15,17). The highest BCUT2D eigenvalue weighted by Crippen LogP contribution is 2.18. The van der Waals surface area contributed by atoms with Crippen LogP contribution < -0.4 is 0 Å². The summed E-state index contributed by atoms with van der Waals surface area (Å²) in [5.41, 5.74) is 3.53. The normalized spacial score (nSPS) is 10.8. The zero-order valence-corrected chi connectivity index (χ0v) is 10.2. The van der Waals surface area contributed by atoms with Gasteiger partial charge >= 0.3 is 0 Å². The van der Waals surface area contributed by atoms with E-state index in [2.05, 4.69) is 24.9 Å². The van der Waals surface area contributed by atoms with Crippen LogP contribution in [0.2, 0.25) is 0 Å². The van der Waals surface area contributed by atoms with Gasteiger partial charge < -0.3 is 9.97 Å². The average molecular weight is 239 g/mol. The van der Waals surface area contributed by atoms with Crippen molar-refractivity contribution in [1.29, 1.82) is 0 Å². The maximum Gasteiger partial charge on any atom is 0.156 e. The molecule has 3 rings (SSSR count). The molecule has 0 saturated carbocycles. The quantitative estimate of drug-likeness (QED) is 0.721. The Labute approximate surface area is 104 Å². The van der Waals surface area contributed by atoms with Gasteiger partial charge in [0, 0.05) is 12.4 Å². The fourth-order valence-electron chi connectivity index (χ4n) is 1.79. The van der Waals surface area contributed by atoms with Crippen LogP contribution in [0.1, 0.15) is 11.4 Å². The molecule has 0 aromatic carbocycles. The minimum Gasteiger partial charge on any atom is -0.343 e. The van der Waals surface area contributed by atoms with E-state index in [1.807, 2.05) is 44.4 Å². The van der Waals surface area contributed by atoms with Crippen LogP contribution in [-0.4, -0.2) is 24.9 Å². The molecule has 3 heterocycles. The zero-order chi connectivity index (χ0) is 12.5. The molecule has 18 heavy (non-hydrogen) atoms. The highest BCUT2D eigenvalue weighted by atomic mass is 15.0. The minimum atomic E-state index is 0.776. The van der Waals surface area contributed by atoms with Crippen LogP contribution in [0.4, 0.5) is 0 Å². The molecule has 5 heteroatoms. The van der Waals surface area contributed by atoms with E-state index in [4.69, 9.17) is 0 Å². The van der Waals surface area contributed by atoms with Crippen molar-refractivity contribution in [2.24, 2.45) is 0 Å². The molecule has 3 aromatic heterocycles. The van der Waals surface area contributed by atoms with Crippen LogP contribution in [-0.2, 0) is 0 Å². The summed E-state index contributed by atoms with van der Waals surface area (Å²) in [6, 6.07) is 5.81. The van der Waals surface area contributed by atoms with Crippen LogP contribution >= 0.6 is 0 Å². The monoisotopic (exact) mass is 239 g/mol. The van der Waals surface area contributed by atoms with Crippen molar-refractivity contribution < 1.29 is 0 Å². The molecule has 2 N–H and O–H groups in total. The maximum absolute atomic E-state index is 4.55. The summed E-state index contributed by atoms with van der Waals surface area (Å²) in [5, 5.41) is 0. The van der Waals surface area contributed by atoms with Gasteiger partial charge in [-0.1, -0.05) is 6.07 Å². The van der Waals surface area contributed by atoms with Gasteiger partial charge in [0.05, 0.1) is 11.4 Å². The van der Waals surface area contributed by atoms with Gasteiger partial charge in [0.1, 0.15) is 11.4 Å². The van der Waals surface area contributed by atoms with Gasteiger partial charge in [-0.05, 0) is 26.0 Å². The summed E-state index contributed by atoms with van der Waals surface area (Å²) < 4.78 is 0. The van der Waals surface area contributed by atoms with E-state index in [-0.39, 0.29) is 0 Å². The number of aryl methyl sites for hydroxylation is 2. The van der Waals surface area contributed by atoms with Gasteiger partial charge in [-0.2, -0.15) is 0 Å². The molecule has 0 radical (unpaired) electrons. The highest BCUT2D eigenvalue weighted by Gasteiger charge is 2.07. The number of rotatable bonds is 2. The van der Waals surface area contributed by atoms with Crippen molar-refractivity contribution in [3.8, 4) is 23.0 Å². The number of imidazole rings is 2. The van der Waals surface area contributed by atoms with E-state index in [0.29, 0.717) is 0 Å². The number of hydrogen-bond donors (Lipinski definition) is 2. The van der Waals surface area contributed by atoms with Gasteiger partial charge in [0.15, 0.2) is 11.6 Å². The van der Waals surface area contributed by atoms with Crippen molar-refractivity contribution in [1.82, 2.24) is 24.9 Å². The molecule has 5 nitrogen and oxygen atoms in total. The van der Waals surface area contributed by atoms with E-state index in [9.17, 15) is 0 Å². The van der Waals surface area contributed by atoms with Gasteiger partial charge in [0.2, 0.25) is 0 Å². The lowest BCUT2D eigenvalue weighted by Gasteiger charge is -1.99. The molecule has 3 aromatic rings. The smallest absolute Gasteiger partial charge is 0.156 e. The van der Waals surface area contributed by atoms with E-state index < -0.39 is 0 Å². The largest absolute Gasteiger partial charge is 0.343 e. The number of aromatic nitrogens is 5. The lowest BCUT2D eigenvalue weighted by atomic mass is 10.3. The Morgan fingerprint density at radius 3 is 1.67 bits per heavy atom. The third kappa shape index (κ3) is 1.90. The molecule has 0 aliphatic carbocycles. The minimum absolute atomic E-state index is 0.776. The van der Waals surface area contributed by atoms with Gasteiger partial charge in [-0.15, -0.1) is 0 Å². The molecule has 0 unspecified atom stereocenters. The first-order valence-corrected chi connectivity index (χ1v) is 5.74. The third-order valence-corrected chi connectivity index (χ3v) is 2.65. The van der Waals surface area contributed by atoms with Crippen molar-refractivity contribution >= 4 is 0 Å². The summed E-state index contributed by atoms with van der Waals surface area (Å²) in [4.78, 5) is 19.5.